The van der Waals surface area contributed by atoms with Crippen LogP contribution < -0.4 is 10.9 Å². The number of aliphatic carboxylic acids is 1. The number of hydrogen-bond donors (Lipinski definition) is 3. The van der Waals surface area contributed by atoms with E-state index in [2.05, 4.69) is 21.1 Å². The van der Waals surface area contributed by atoms with Crippen molar-refractivity contribution in [3.63, 3.8) is 0 Å². The molecule has 7 nitrogen and oxygen atoms in total. The standard InChI is InChI=1S/C14H16N4O3/c1-8-7-12(19)17-18-13(8)10-3-5-11(6-4-10)16-15-9(2)14(20)21/h3-6,8,16H,7H2,1-2H3,(H,17,19)(H,20,21). The van der Waals surface area contributed by atoms with Crippen LogP contribution in [-0.4, -0.2) is 28.4 Å². The van der Waals surface area contributed by atoms with Crippen LogP contribution in [0.2, 0.25) is 0 Å². The normalized spacial score (nSPS) is 18.8. The molecule has 1 aromatic carbocycles. The molecule has 0 fully saturated rings. The summed E-state index contributed by atoms with van der Waals surface area (Å²) in [5, 5.41) is 16.5. The summed E-state index contributed by atoms with van der Waals surface area (Å²) in [4.78, 5) is 21.8. The Morgan fingerprint density at radius 1 is 1.43 bits per heavy atom. The van der Waals surface area contributed by atoms with E-state index in [1.165, 1.54) is 6.92 Å². The smallest absolute Gasteiger partial charge is 0.351 e. The number of rotatable bonds is 4. The first kappa shape index (κ1) is 14.7. The number of carboxylic acids is 1. The molecule has 2 rings (SSSR count). The van der Waals surface area contributed by atoms with E-state index in [4.69, 9.17) is 5.11 Å². The van der Waals surface area contributed by atoms with Gasteiger partial charge in [-0.1, -0.05) is 19.1 Å². The minimum Gasteiger partial charge on any atom is -0.477 e. The lowest BCUT2D eigenvalue weighted by Gasteiger charge is -2.19. The summed E-state index contributed by atoms with van der Waals surface area (Å²) >= 11 is 0. The molecular weight excluding hydrogens is 272 g/mol. The van der Waals surface area contributed by atoms with Crippen molar-refractivity contribution < 1.29 is 14.7 Å². The zero-order chi connectivity index (χ0) is 15.4. The Balaban J connectivity index is 2.11. The van der Waals surface area contributed by atoms with Gasteiger partial charge >= 0.3 is 5.97 Å². The number of carbonyl (C=O) groups is 2. The molecule has 0 spiro atoms. The fourth-order valence-electron chi connectivity index (χ4n) is 1.91. The van der Waals surface area contributed by atoms with E-state index < -0.39 is 5.97 Å². The van der Waals surface area contributed by atoms with Gasteiger partial charge in [-0.2, -0.15) is 10.2 Å². The van der Waals surface area contributed by atoms with Crippen LogP contribution in [0, 0.1) is 5.92 Å². The third-order valence-corrected chi connectivity index (χ3v) is 3.10. The Morgan fingerprint density at radius 2 is 2.10 bits per heavy atom. The van der Waals surface area contributed by atoms with Crippen LogP contribution >= 0.6 is 0 Å². The average Bonchev–Trinajstić information content (AvgIpc) is 2.45. The SMILES string of the molecule is CC(=NNc1ccc(C2=NNC(=O)CC2C)cc1)C(=O)O. The van der Waals surface area contributed by atoms with Gasteiger partial charge in [0, 0.05) is 12.3 Å². The largest absolute Gasteiger partial charge is 0.477 e. The van der Waals surface area contributed by atoms with Gasteiger partial charge in [0.15, 0.2) is 0 Å². The molecule has 0 aliphatic carbocycles. The molecule has 0 radical (unpaired) electrons. The monoisotopic (exact) mass is 288 g/mol. The molecule has 21 heavy (non-hydrogen) atoms. The third kappa shape index (κ3) is 3.65. The minimum absolute atomic E-state index is 0.0212. The highest BCUT2D eigenvalue weighted by Gasteiger charge is 2.21. The predicted octanol–water partition coefficient (Wildman–Crippen LogP) is 1.42. The van der Waals surface area contributed by atoms with Gasteiger partial charge in [-0.05, 0) is 24.6 Å². The van der Waals surface area contributed by atoms with Gasteiger partial charge in [-0.15, -0.1) is 0 Å². The highest BCUT2D eigenvalue weighted by Crippen LogP contribution is 2.18. The van der Waals surface area contributed by atoms with E-state index >= 15 is 0 Å². The van der Waals surface area contributed by atoms with Crippen molar-refractivity contribution in [2.75, 3.05) is 5.43 Å². The molecule has 0 aromatic heterocycles. The van der Waals surface area contributed by atoms with Crippen LogP contribution in [0.4, 0.5) is 5.69 Å². The molecule has 1 aliphatic rings. The van der Waals surface area contributed by atoms with Gasteiger partial charge < -0.3 is 5.11 Å². The van der Waals surface area contributed by atoms with E-state index in [0.717, 1.165) is 11.3 Å². The quantitative estimate of drug-likeness (QED) is 0.575. The number of nitrogens with one attached hydrogen (secondary N) is 2. The molecule has 1 aromatic rings. The molecule has 0 saturated carbocycles. The second-order valence-corrected chi connectivity index (χ2v) is 4.83. The first-order valence-electron chi connectivity index (χ1n) is 6.48. The highest BCUT2D eigenvalue weighted by atomic mass is 16.4. The van der Waals surface area contributed by atoms with Crippen LogP contribution in [0.1, 0.15) is 25.8 Å². The number of nitrogens with zero attached hydrogens (tertiary/aromatic N) is 2. The Labute approximate surface area is 121 Å². The Bertz CT molecular complexity index is 620. The van der Waals surface area contributed by atoms with Crippen LogP contribution in [0.3, 0.4) is 0 Å². The van der Waals surface area contributed by atoms with E-state index in [-0.39, 0.29) is 17.5 Å². The molecule has 7 heteroatoms. The van der Waals surface area contributed by atoms with E-state index in [9.17, 15) is 9.59 Å². The van der Waals surface area contributed by atoms with E-state index in [1.54, 1.807) is 12.1 Å². The summed E-state index contributed by atoms with van der Waals surface area (Å²) in [7, 11) is 0. The number of benzene rings is 1. The zero-order valence-corrected chi connectivity index (χ0v) is 11.8. The van der Waals surface area contributed by atoms with Crippen molar-refractivity contribution in [1.29, 1.82) is 0 Å². The van der Waals surface area contributed by atoms with Gasteiger partial charge in [-0.3, -0.25) is 10.2 Å². The number of hydrogen-bond acceptors (Lipinski definition) is 5. The lowest BCUT2D eigenvalue weighted by atomic mass is 9.94. The summed E-state index contributed by atoms with van der Waals surface area (Å²) in [6, 6.07) is 7.25. The maximum atomic E-state index is 11.2. The van der Waals surface area contributed by atoms with Gasteiger partial charge in [0.25, 0.3) is 0 Å². The fraction of sp³-hybridized carbons (Fsp3) is 0.286. The molecule has 1 amide bonds. The van der Waals surface area contributed by atoms with Crippen molar-refractivity contribution in [2.45, 2.75) is 20.3 Å². The molecule has 3 N–H and O–H groups in total. The van der Waals surface area contributed by atoms with Crippen molar-refractivity contribution >= 4 is 29.0 Å². The summed E-state index contributed by atoms with van der Waals surface area (Å²) in [5.41, 5.74) is 7.53. The van der Waals surface area contributed by atoms with Crippen LogP contribution in [-0.2, 0) is 9.59 Å². The van der Waals surface area contributed by atoms with Crippen LogP contribution in [0.25, 0.3) is 0 Å². The van der Waals surface area contributed by atoms with Gasteiger partial charge in [-0.25, -0.2) is 10.2 Å². The molecule has 1 atom stereocenters. The lowest BCUT2D eigenvalue weighted by molar-refractivity contribution is -0.129. The molecule has 1 heterocycles. The topological polar surface area (TPSA) is 103 Å². The average molecular weight is 288 g/mol. The van der Waals surface area contributed by atoms with E-state index in [1.807, 2.05) is 19.1 Å². The first-order valence-corrected chi connectivity index (χ1v) is 6.48. The summed E-state index contributed by atoms with van der Waals surface area (Å²) < 4.78 is 0. The summed E-state index contributed by atoms with van der Waals surface area (Å²) in [6.45, 7) is 3.36. The zero-order valence-electron chi connectivity index (χ0n) is 11.8. The maximum Gasteiger partial charge on any atom is 0.351 e. The van der Waals surface area contributed by atoms with E-state index in [0.29, 0.717) is 12.1 Å². The lowest BCUT2D eigenvalue weighted by Crippen LogP contribution is -2.31. The Hall–Kier alpha value is -2.70. The summed E-state index contributed by atoms with van der Waals surface area (Å²) in [6.07, 6.45) is 0.418. The number of amides is 1. The number of carboxylic acid groups (broad SMARTS) is 1. The molecule has 1 aliphatic heterocycles. The third-order valence-electron chi connectivity index (χ3n) is 3.10. The molecule has 110 valence electrons. The van der Waals surface area contributed by atoms with Gasteiger partial charge in [0.2, 0.25) is 5.91 Å². The highest BCUT2D eigenvalue weighted by molar-refractivity contribution is 6.34. The molecule has 1 unspecified atom stereocenters. The molecular formula is C14H16N4O3. The first-order chi connectivity index (χ1) is 9.97. The van der Waals surface area contributed by atoms with Crippen LogP contribution in [0.15, 0.2) is 34.5 Å². The number of hydrazone groups is 2. The van der Waals surface area contributed by atoms with Crippen molar-refractivity contribution in [3.05, 3.63) is 29.8 Å². The van der Waals surface area contributed by atoms with Gasteiger partial charge in [0.1, 0.15) is 5.71 Å². The predicted molar refractivity (Wildman–Crippen MR) is 79.3 cm³/mol. The fourth-order valence-corrected chi connectivity index (χ4v) is 1.91. The number of carbonyl (C=O) groups excluding carboxylic acids is 1. The van der Waals surface area contributed by atoms with Crippen molar-refractivity contribution in [2.24, 2.45) is 16.1 Å². The Kier molecular flexibility index (Phi) is 4.32. The Morgan fingerprint density at radius 3 is 2.67 bits per heavy atom. The maximum absolute atomic E-state index is 11.2. The second kappa shape index (κ2) is 6.17. The molecule has 0 bridgehead atoms. The van der Waals surface area contributed by atoms with Gasteiger partial charge in [0.05, 0.1) is 11.4 Å². The van der Waals surface area contributed by atoms with Crippen molar-refractivity contribution in [3.8, 4) is 0 Å². The second-order valence-electron chi connectivity index (χ2n) is 4.83. The van der Waals surface area contributed by atoms with Crippen molar-refractivity contribution in [1.82, 2.24) is 5.43 Å². The number of anilines is 1. The molecule has 0 saturated heterocycles. The summed E-state index contributed by atoms with van der Waals surface area (Å²) in [5.74, 6) is -1.09. The van der Waals surface area contributed by atoms with Crippen LogP contribution in [0.5, 0.6) is 0 Å². The minimum atomic E-state index is -1.07.